The van der Waals surface area contributed by atoms with Crippen LogP contribution in [0, 0.1) is 13.8 Å². The minimum atomic E-state index is -0.0103. The van der Waals surface area contributed by atoms with E-state index in [1.54, 1.807) is 37.6 Å². The summed E-state index contributed by atoms with van der Waals surface area (Å²) in [4.78, 5) is 21.7. The number of piperazine rings is 1. The standard InChI is InChI=1S/C43H44ClN3O5/c1-31-4-6-35(7-5-31)30-51-39-17-18-41(45-28-39)52-43-32(2)26-36(27-40(43)44)12-19-42(48)47-23-21-46(22-24-47)29-34-10-8-33(9-11-34)20-25-50-38-15-13-37(49-3)14-16-38/h4-19,26-28H,20-25,29-30H2,1-3H3. The zero-order valence-corrected chi connectivity index (χ0v) is 30.6. The maximum atomic E-state index is 13.1. The Morgan fingerprint density at radius 1 is 0.788 bits per heavy atom. The van der Waals surface area contributed by atoms with Crippen LogP contribution in [0.25, 0.3) is 6.08 Å². The van der Waals surface area contributed by atoms with Gasteiger partial charge in [-0.3, -0.25) is 9.69 Å². The van der Waals surface area contributed by atoms with Crippen LogP contribution < -0.4 is 18.9 Å². The van der Waals surface area contributed by atoms with Crippen molar-refractivity contribution >= 4 is 23.6 Å². The smallest absolute Gasteiger partial charge is 0.246 e. The number of halogens is 1. The summed E-state index contributed by atoms with van der Waals surface area (Å²) in [6, 6.07) is 31.9. The molecule has 52 heavy (non-hydrogen) atoms. The lowest BCUT2D eigenvalue weighted by atomic mass is 10.1. The van der Waals surface area contributed by atoms with E-state index in [0.29, 0.717) is 48.7 Å². The molecule has 1 aromatic heterocycles. The van der Waals surface area contributed by atoms with Crippen molar-refractivity contribution in [2.75, 3.05) is 39.9 Å². The summed E-state index contributed by atoms with van der Waals surface area (Å²) >= 11 is 6.63. The van der Waals surface area contributed by atoms with E-state index in [1.807, 2.05) is 60.4 Å². The molecule has 4 aromatic carbocycles. The molecule has 0 saturated carbocycles. The van der Waals surface area contributed by atoms with Gasteiger partial charge in [-0.2, -0.15) is 0 Å². The summed E-state index contributed by atoms with van der Waals surface area (Å²) in [7, 11) is 1.65. The third-order valence-electron chi connectivity index (χ3n) is 8.94. The van der Waals surface area contributed by atoms with Crippen molar-refractivity contribution in [1.29, 1.82) is 0 Å². The van der Waals surface area contributed by atoms with Crippen molar-refractivity contribution in [3.63, 3.8) is 0 Å². The molecule has 0 spiro atoms. The van der Waals surface area contributed by atoms with Crippen molar-refractivity contribution < 1.29 is 23.7 Å². The van der Waals surface area contributed by atoms with Gasteiger partial charge < -0.3 is 23.8 Å². The normalized spacial score (nSPS) is 13.3. The van der Waals surface area contributed by atoms with Crippen LogP contribution in [-0.2, 0) is 24.4 Å². The molecule has 0 N–H and O–H groups in total. The van der Waals surface area contributed by atoms with E-state index in [9.17, 15) is 4.79 Å². The maximum Gasteiger partial charge on any atom is 0.246 e. The first kappa shape index (κ1) is 36.5. The molecular weight excluding hydrogens is 674 g/mol. The molecule has 268 valence electrons. The van der Waals surface area contributed by atoms with Crippen LogP contribution in [0.2, 0.25) is 5.02 Å². The van der Waals surface area contributed by atoms with Crippen LogP contribution in [0.4, 0.5) is 0 Å². The van der Waals surface area contributed by atoms with Gasteiger partial charge in [0.25, 0.3) is 0 Å². The van der Waals surface area contributed by atoms with E-state index in [1.165, 1.54) is 16.7 Å². The topological polar surface area (TPSA) is 73.4 Å². The largest absolute Gasteiger partial charge is 0.497 e. The Morgan fingerprint density at radius 2 is 1.46 bits per heavy atom. The minimum Gasteiger partial charge on any atom is -0.497 e. The molecule has 2 heterocycles. The molecule has 9 heteroatoms. The number of aromatic nitrogens is 1. The number of hydrogen-bond donors (Lipinski definition) is 0. The van der Waals surface area contributed by atoms with E-state index in [4.69, 9.17) is 30.5 Å². The lowest BCUT2D eigenvalue weighted by Gasteiger charge is -2.34. The number of aryl methyl sites for hydroxylation is 2. The first-order valence-corrected chi connectivity index (χ1v) is 17.9. The van der Waals surface area contributed by atoms with Crippen LogP contribution in [0.3, 0.4) is 0 Å². The average Bonchev–Trinajstić information content (AvgIpc) is 3.17. The van der Waals surface area contributed by atoms with E-state index < -0.39 is 0 Å². The first-order chi connectivity index (χ1) is 25.3. The number of pyridine rings is 1. The molecular formula is C43H44ClN3O5. The second-order valence-electron chi connectivity index (χ2n) is 12.9. The van der Waals surface area contributed by atoms with Crippen LogP contribution in [0.5, 0.6) is 28.9 Å². The molecule has 0 radical (unpaired) electrons. The Hall–Kier alpha value is -5.31. The highest BCUT2D eigenvalue weighted by atomic mass is 35.5. The van der Waals surface area contributed by atoms with Crippen molar-refractivity contribution in [1.82, 2.24) is 14.8 Å². The Bertz CT molecular complexity index is 1920. The quantitative estimate of drug-likeness (QED) is 0.106. The molecule has 1 aliphatic rings. The predicted octanol–water partition coefficient (Wildman–Crippen LogP) is 8.71. The SMILES string of the molecule is COc1ccc(OCCc2ccc(CN3CCN(C(=O)C=Cc4cc(C)c(Oc5ccc(OCc6ccc(C)cc6)cn5)c(Cl)c4)CC3)cc2)cc1. The number of rotatable bonds is 14. The monoisotopic (exact) mass is 717 g/mol. The highest BCUT2D eigenvalue weighted by Crippen LogP contribution is 2.34. The van der Waals surface area contributed by atoms with Gasteiger partial charge in [0.05, 0.1) is 24.9 Å². The molecule has 1 saturated heterocycles. The molecule has 1 aliphatic heterocycles. The number of nitrogens with zero attached hydrogens (tertiary/aromatic N) is 3. The Morgan fingerprint density at radius 3 is 2.13 bits per heavy atom. The Balaban J connectivity index is 0.926. The molecule has 0 aliphatic carbocycles. The second-order valence-corrected chi connectivity index (χ2v) is 13.3. The van der Waals surface area contributed by atoms with Gasteiger partial charge in [0.2, 0.25) is 11.8 Å². The van der Waals surface area contributed by atoms with Crippen molar-refractivity contribution in [3.8, 4) is 28.9 Å². The van der Waals surface area contributed by atoms with Crippen LogP contribution >= 0.6 is 11.6 Å². The van der Waals surface area contributed by atoms with Gasteiger partial charge in [-0.15, -0.1) is 0 Å². The van der Waals surface area contributed by atoms with Gasteiger partial charge in [-0.05, 0) is 90.2 Å². The molecule has 8 nitrogen and oxygen atoms in total. The zero-order chi connectivity index (χ0) is 36.3. The Labute approximate surface area is 311 Å². The van der Waals surface area contributed by atoms with Gasteiger partial charge in [-0.25, -0.2) is 4.98 Å². The average molecular weight is 718 g/mol. The second kappa shape index (κ2) is 17.8. The summed E-state index contributed by atoms with van der Waals surface area (Å²) in [5.74, 6) is 3.23. The number of ether oxygens (including phenoxy) is 4. The summed E-state index contributed by atoms with van der Waals surface area (Å²) in [5.41, 5.74) is 6.46. The number of benzene rings is 4. The summed E-state index contributed by atoms with van der Waals surface area (Å²) < 4.78 is 23.0. The van der Waals surface area contributed by atoms with E-state index in [0.717, 1.165) is 54.2 Å². The molecule has 1 fully saturated rings. The molecule has 0 bridgehead atoms. The van der Waals surface area contributed by atoms with E-state index in [-0.39, 0.29) is 5.91 Å². The van der Waals surface area contributed by atoms with Crippen LogP contribution in [0.1, 0.15) is 33.4 Å². The van der Waals surface area contributed by atoms with Gasteiger partial charge in [0, 0.05) is 51.3 Å². The zero-order valence-electron chi connectivity index (χ0n) is 29.9. The van der Waals surface area contributed by atoms with Crippen molar-refractivity contribution in [3.05, 3.63) is 148 Å². The third kappa shape index (κ3) is 10.4. The maximum absolute atomic E-state index is 13.1. The molecule has 1 amide bonds. The highest BCUT2D eigenvalue weighted by Gasteiger charge is 2.20. The molecule has 6 rings (SSSR count). The molecule has 5 aromatic rings. The molecule has 0 unspecified atom stereocenters. The summed E-state index contributed by atoms with van der Waals surface area (Å²) in [5, 5.41) is 0.442. The highest BCUT2D eigenvalue weighted by molar-refractivity contribution is 6.32. The van der Waals surface area contributed by atoms with Crippen molar-refractivity contribution in [2.24, 2.45) is 0 Å². The van der Waals surface area contributed by atoms with Gasteiger partial charge in [0.1, 0.15) is 23.9 Å². The predicted molar refractivity (Wildman–Crippen MR) is 206 cm³/mol. The fraction of sp³-hybridized carbons (Fsp3) is 0.256. The summed E-state index contributed by atoms with van der Waals surface area (Å²) in [6.45, 7) is 8.91. The number of carbonyl (C=O) groups excluding carboxylic acids is 1. The summed E-state index contributed by atoms with van der Waals surface area (Å²) in [6.07, 6.45) is 5.90. The molecule has 0 atom stereocenters. The fourth-order valence-electron chi connectivity index (χ4n) is 5.88. The number of amides is 1. The van der Waals surface area contributed by atoms with Gasteiger partial charge in [0.15, 0.2) is 5.75 Å². The van der Waals surface area contributed by atoms with Gasteiger partial charge >= 0.3 is 0 Å². The van der Waals surface area contributed by atoms with Crippen molar-refractivity contribution in [2.45, 2.75) is 33.4 Å². The number of methoxy groups -OCH3 is 1. The lowest BCUT2D eigenvalue weighted by Crippen LogP contribution is -2.47. The fourth-order valence-corrected chi connectivity index (χ4v) is 6.19. The van der Waals surface area contributed by atoms with E-state index >= 15 is 0 Å². The number of carbonyl (C=O) groups is 1. The van der Waals surface area contributed by atoms with E-state index in [2.05, 4.69) is 53.2 Å². The minimum absolute atomic E-state index is 0.0103. The first-order valence-electron chi connectivity index (χ1n) is 17.5. The van der Waals surface area contributed by atoms with Crippen LogP contribution in [0.15, 0.2) is 109 Å². The van der Waals surface area contributed by atoms with Gasteiger partial charge in [-0.1, -0.05) is 65.7 Å². The third-order valence-corrected chi connectivity index (χ3v) is 9.22. The Kier molecular flexibility index (Phi) is 12.5. The lowest BCUT2D eigenvalue weighted by molar-refractivity contribution is -0.127. The number of hydrogen-bond acceptors (Lipinski definition) is 7. The van der Waals surface area contributed by atoms with Crippen LogP contribution in [-0.4, -0.2) is 60.6 Å².